The summed E-state index contributed by atoms with van der Waals surface area (Å²) in [6, 6.07) is 23.3. The number of aromatic amines is 1. The van der Waals surface area contributed by atoms with E-state index in [1.54, 1.807) is 6.07 Å². The molecule has 30 heavy (non-hydrogen) atoms. The molecule has 0 aliphatic carbocycles. The standard InChI is InChI=1S/C24H24N4O2/c29-24(16-25-12-13-26-22-10-5-11-23-21(22)15-27-28-23)19-8-4-9-20(14-19)30-17-18-6-2-1-3-7-18/h1-11,14-15,25-26H,12-13,16-17H2,(H,27,28). The van der Waals surface area contributed by atoms with Crippen molar-refractivity contribution in [2.24, 2.45) is 0 Å². The van der Waals surface area contributed by atoms with Gasteiger partial charge in [-0.05, 0) is 29.8 Å². The van der Waals surface area contributed by atoms with Gasteiger partial charge in [-0.15, -0.1) is 0 Å². The molecule has 0 aliphatic heterocycles. The van der Waals surface area contributed by atoms with Crippen LogP contribution in [-0.4, -0.2) is 35.6 Å². The van der Waals surface area contributed by atoms with Gasteiger partial charge in [-0.25, -0.2) is 0 Å². The van der Waals surface area contributed by atoms with Gasteiger partial charge in [0, 0.05) is 29.7 Å². The average Bonchev–Trinajstić information content (AvgIpc) is 3.28. The third-order valence-corrected chi connectivity index (χ3v) is 4.79. The topological polar surface area (TPSA) is 79.0 Å². The molecule has 152 valence electrons. The van der Waals surface area contributed by atoms with E-state index in [0.29, 0.717) is 31.0 Å². The second-order valence-corrected chi connectivity index (χ2v) is 6.97. The molecule has 1 heterocycles. The summed E-state index contributed by atoms with van der Waals surface area (Å²) in [5.74, 6) is 0.733. The van der Waals surface area contributed by atoms with Gasteiger partial charge >= 0.3 is 0 Å². The van der Waals surface area contributed by atoms with Crippen LogP contribution < -0.4 is 15.4 Å². The van der Waals surface area contributed by atoms with E-state index in [4.69, 9.17) is 4.74 Å². The number of ether oxygens (including phenoxy) is 1. The minimum absolute atomic E-state index is 0.0390. The number of carbonyl (C=O) groups excluding carboxylic acids is 1. The number of nitrogens with zero attached hydrogens (tertiary/aromatic N) is 1. The Morgan fingerprint density at radius 2 is 1.83 bits per heavy atom. The van der Waals surface area contributed by atoms with Crippen LogP contribution in [0.5, 0.6) is 5.75 Å². The number of H-pyrrole nitrogens is 1. The zero-order valence-corrected chi connectivity index (χ0v) is 16.6. The van der Waals surface area contributed by atoms with Gasteiger partial charge in [0.2, 0.25) is 0 Å². The molecule has 0 atom stereocenters. The first-order valence-corrected chi connectivity index (χ1v) is 9.96. The molecule has 4 aromatic rings. The normalized spacial score (nSPS) is 10.8. The number of benzene rings is 3. The smallest absolute Gasteiger partial charge is 0.176 e. The van der Waals surface area contributed by atoms with Crippen LogP contribution >= 0.6 is 0 Å². The van der Waals surface area contributed by atoms with Crippen molar-refractivity contribution in [2.75, 3.05) is 25.0 Å². The first-order chi connectivity index (χ1) is 14.8. The average molecular weight is 400 g/mol. The summed E-state index contributed by atoms with van der Waals surface area (Å²) >= 11 is 0. The van der Waals surface area contributed by atoms with Crippen LogP contribution in [0.15, 0.2) is 79.0 Å². The second-order valence-electron chi connectivity index (χ2n) is 6.97. The zero-order valence-electron chi connectivity index (χ0n) is 16.6. The van der Waals surface area contributed by atoms with E-state index in [0.717, 1.165) is 22.2 Å². The van der Waals surface area contributed by atoms with E-state index in [-0.39, 0.29) is 12.3 Å². The highest BCUT2D eigenvalue weighted by Gasteiger charge is 2.07. The number of fused-ring (bicyclic) bond motifs is 1. The largest absolute Gasteiger partial charge is 0.489 e. The highest BCUT2D eigenvalue weighted by atomic mass is 16.5. The van der Waals surface area contributed by atoms with Crippen molar-refractivity contribution in [1.29, 1.82) is 0 Å². The van der Waals surface area contributed by atoms with Gasteiger partial charge in [0.1, 0.15) is 12.4 Å². The highest BCUT2D eigenvalue weighted by Crippen LogP contribution is 2.20. The van der Waals surface area contributed by atoms with Gasteiger partial charge in [-0.1, -0.05) is 48.5 Å². The summed E-state index contributed by atoms with van der Waals surface area (Å²) in [5, 5.41) is 14.6. The van der Waals surface area contributed by atoms with Gasteiger partial charge in [-0.2, -0.15) is 5.10 Å². The fourth-order valence-corrected chi connectivity index (χ4v) is 3.21. The second kappa shape index (κ2) is 9.71. The number of aromatic nitrogens is 2. The highest BCUT2D eigenvalue weighted by molar-refractivity contribution is 5.98. The Morgan fingerprint density at radius 3 is 2.73 bits per heavy atom. The fourth-order valence-electron chi connectivity index (χ4n) is 3.21. The van der Waals surface area contributed by atoms with Crippen LogP contribution in [0.3, 0.4) is 0 Å². The molecule has 0 unspecified atom stereocenters. The lowest BCUT2D eigenvalue weighted by Crippen LogP contribution is -2.28. The molecule has 6 nitrogen and oxygen atoms in total. The third kappa shape index (κ3) is 5.04. The molecular weight excluding hydrogens is 376 g/mol. The van der Waals surface area contributed by atoms with E-state index in [1.807, 2.05) is 72.9 Å². The Labute approximate surface area is 175 Å². The summed E-state index contributed by atoms with van der Waals surface area (Å²) in [6.45, 7) is 2.13. The summed E-state index contributed by atoms with van der Waals surface area (Å²) in [5.41, 5.74) is 3.76. The number of rotatable bonds is 10. The molecule has 3 N–H and O–H groups in total. The van der Waals surface area contributed by atoms with Gasteiger partial charge < -0.3 is 15.4 Å². The van der Waals surface area contributed by atoms with Crippen molar-refractivity contribution in [3.05, 3.63) is 90.1 Å². The number of Topliss-reactive ketones (excluding diaryl/α,β-unsaturated/α-hetero) is 1. The van der Waals surface area contributed by atoms with E-state index in [9.17, 15) is 4.79 Å². The number of anilines is 1. The van der Waals surface area contributed by atoms with Crippen molar-refractivity contribution >= 4 is 22.4 Å². The van der Waals surface area contributed by atoms with Gasteiger partial charge in [-0.3, -0.25) is 9.89 Å². The number of carbonyl (C=O) groups is 1. The lowest BCUT2D eigenvalue weighted by atomic mass is 10.1. The monoisotopic (exact) mass is 400 g/mol. The molecule has 0 spiro atoms. The number of hydrogen-bond donors (Lipinski definition) is 3. The van der Waals surface area contributed by atoms with Crippen molar-refractivity contribution < 1.29 is 9.53 Å². The van der Waals surface area contributed by atoms with Crippen LogP contribution in [0.25, 0.3) is 10.9 Å². The Kier molecular flexibility index (Phi) is 6.37. The fraction of sp³-hybridized carbons (Fsp3) is 0.167. The first-order valence-electron chi connectivity index (χ1n) is 9.96. The van der Waals surface area contributed by atoms with Crippen molar-refractivity contribution in [3.63, 3.8) is 0 Å². The van der Waals surface area contributed by atoms with Crippen LogP contribution in [0.2, 0.25) is 0 Å². The van der Waals surface area contributed by atoms with E-state index in [2.05, 4.69) is 20.8 Å². The van der Waals surface area contributed by atoms with Crippen molar-refractivity contribution in [3.8, 4) is 5.75 Å². The molecule has 3 aromatic carbocycles. The molecule has 0 aliphatic rings. The number of nitrogens with one attached hydrogen (secondary N) is 3. The SMILES string of the molecule is O=C(CNCCNc1cccc2[nH]ncc12)c1cccc(OCc2ccccc2)c1. The molecule has 0 amide bonds. The molecule has 0 fully saturated rings. The van der Waals surface area contributed by atoms with E-state index in [1.165, 1.54) is 0 Å². The Morgan fingerprint density at radius 1 is 0.967 bits per heavy atom. The maximum absolute atomic E-state index is 12.5. The van der Waals surface area contributed by atoms with Gasteiger partial charge in [0.05, 0.1) is 18.3 Å². The number of hydrogen-bond acceptors (Lipinski definition) is 5. The molecule has 4 rings (SSSR count). The summed E-state index contributed by atoms with van der Waals surface area (Å²) in [4.78, 5) is 12.5. The molecule has 6 heteroatoms. The lowest BCUT2D eigenvalue weighted by molar-refractivity contribution is 0.0991. The van der Waals surface area contributed by atoms with E-state index < -0.39 is 0 Å². The van der Waals surface area contributed by atoms with Crippen molar-refractivity contribution in [2.45, 2.75) is 6.61 Å². The molecule has 0 saturated carbocycles. The first kappa shape index (κ1) is 19.7. The lowest BCUT2D eigenvalue weighted by Gasteiger charge is -2.10. The van der Waals surface area contributed by atoms with Gasteiger partial charge in [0.15, 0.2) is 5.78 Å². The molecule has 1 aromatic heterocycles. The third-order valence-electron chi connectivity index (χ3n) is 4.79. The summed E-state index contributed by atoms with van der Waals surface area (Å²) in [7, 11) is 0. The van der Waals surface area contributed by atoms with Crippen LogP contribution in [0, 0.1) is 0 Å². The maximum Gasteiger partial charge on any atom is 0.176 e. The van der Waals surface area contributed by atoms with Crippen LogP contribution in [-0.2, 0) is 6.61 Å². The molecule has 0 bridgehead atoms. The number of ketones is 1. The maximum atomic E-state index is 12.5. The quantitative estimate of drug-likeness (QED) is 0.277. The van der Waals surface area contributed by atoms with Gasteiger partial charge in [0.25, 0.3) is 0 Å². The van der Waals surface area contributed by atoms with E-state index >= 15 is 0 Å². The zero-order chi connectivity index (χ0) is 20.6. The molecular formula is C24H24N4O2. The molecule has 0 saturated heterocycles. The predicted molar refractivity (Wildman–Crippen MR) is 119 cm³/mol. The Hall–Kier alpha value is -3.64. The Balaban J connectivity index is 1.22. The predicted octanol–water partition coefficient (Wildman–Crippen LogP) is 4.03. The summed E-state index contributed by atoms with van der Waals surface area (Å²) in [6.07, 6.45) is 1.81. The van der Waals surface area contributed by atoms with Crippen molar-refractivity contribution in [1.82, 2.24) is 15.5 Å². The Bertz CT molecular complexity index is 1110. The molecule has 0 radical (unpaired) electrons. The van der Waals surface area contributed by atoms with Crippen LogP contribution in [0.1, 0.15) is 15.9 Å². The summed E-state index contributed by atoms with van der Waals surface area (Å²) < 4.78 is 5.81. The minimum atomic E-state index is 0.0390. The van der Waals surface area contributed by atoms with Crippen LogP contribution in [0.4, 0.5) is 5.69 Å². The minimum Gasteiger partial charge on any atom is -0.489 e.